The average molecular weight is 397 g/mol. The lowest BCUT2D eigenvalue weighted by molar-refractivity contribution is -0.133. The van der Waals surface area contributed by atoms with Gasteiger partial charge in [-0.2, -0.15) is 0 Å². The van der Waals surface area contributed by atoms with E-state index in [0.29, 0.717) is 44.6 Å². The van der Waals surface area contributed by atoms with Gasteiger partial charge in [0.05, 0.1) is 12.7 Å². The molecule has 0 N–H and O–H groups in total. The third-order valence-corrected chi connectivity index (χ3v) is 5.96. The Balaban J connectivity index is 1.54. The van der Waals surface area contributed by atoms with Gasteiger partial charge in [0.15, 0.2) is 0 Å². The summed E-state index contributed by atoms with van der Waals surface area (Å²) in [5, 5.41) is 0. The smallest absolute Gasteiger partial charge is 0.409 e. The molecule has 0 bridgehead atoms. The zero-order valence-electron chi connectivity index (χ0n) is 18.3. The zero-order chi connectivity index (χ0) is 20.5. The highest BCUT2D eigenvalue weighted by atomic mass is 16.6. The summed E-state index contributed by atoms with van der Waals surface area (Å²) in [6.07, 6.45) is 5.29. The van der Waals surface area contributed by atoms with Gasteiger partial charge < -0.3 is 19.3 Å². The number of hydrogen-bond acceptors (Lipinski definition) is 4. The Morgan fingerprint density at radius 1 is 0.929 bits per heavy atom. The van der Waals surface area contributed by atoms with E-state index in [0.717, 1.165) is 51.1 Å². The van der Waals surface area contributed by atoms with Crippen LogP contribution in [0.25, 0.3) is 0 Å². The van der Waals surface area contributed by atoms with E-state index in [1.54, 1.807) is 4.90 Å². The minimum Gasteiger partial charge on any atom is -0.449 e. The molecule has 2 heterocycles. The van der Waals surface area contributed by atoms with Gasteiger partial charge in [0.25, 0.3) is 0 Å². The van der Waals surface area contributed by atoms with Crippen LogP contribution in [0.1, 0.15) is 66.2 Å². The van der Waals surface area contributed by atoms with Gasteiger partial charge >= 0.3 is 6.09 Å². The molecule has 6 heteroatoms. The molecule has 2 aliphatic heterocycles. The summed E-state index contributed by atoms with van der Waals surface area (Å²) < 4.78 is 11.2. The van der Waals surface area contributed by atoms with Gasteiger partial charge in [-0.15, -0.1) is 0 Å². The molecule has 2 rings (SSSR count). The van der Waals surface area contributed by atoms with Gasteiger partial charge in [0.2, 0.25) is 5.91 Å². The zero-order valence-corrected chi connectivity index (χ0v) is 18.3. The Labute approximate surface area is 170 Å². The van der Waals surface area contributed by atoms with E-state index in [4.69, 9.17) is 9.47 Å². The van der Waals surface area contributed by atoms with Crippen molar-refractivity contribution in [3.8, 4) is 0 Å². The number of carbonyl (C=O) groups excluding carboxylic acids is 2. The lowest BCUT2D eigenvalue weighted by Gasteiger charge is -2.34. The van der Waals surface area contributed by atoms with Crippen molar-refractivity contribution in [3.63, 3.8) is 0 Å². The summed E-state index contributed by atoms with van der Waals surface area (Å²) in [4.78, 5) is 28.1. The van der Waals surface area contributed by atoms with E-state index in [2.05, 4.69) is 13.8 Å². The van der Waals surface area contributed by atoms with E-state index in [-0.39, 0.29) is 18.1 Å². The molecule has 0 radical (unpaired) electrons. The fourth-order valence-corrected chi connectivity index (χ4v) is 3.98. The predicted octanol–water partition coefficient (Wildman–Crippen LogP) is 3.93. The van der Waals surface area contributed by atoms with Crippen LogP contribution >= 0.6 is 0 Å². The number of amides is 2. The first-order valence-corrected chi connectivity index (χ1v) is 11.2. The Bertz CT molecular complexity index is 479. The summed E-state index contributed by atoms with van der Waals surface area (Å²) in [7, 11) is 0. The van der Waals surface area contributed by atoms with Gasteiger partial charge in [-0.3, -0.25) is 4.79 Å². The number of nitrogens with zero attached hydrogens (tertiary/aromatic N) is 2. The summed E-state index contributed by atoms with van der Waals surface area (Å²) in [6, 6.07) is 0. The van der Waals surface area contributed by atoms with E-state index < -0.39 is 0 Å². The molecule has 0 atom stereocenters. The van der Waals surface area contributed by atoms with Gasteiger partial charge in [-0.1, -0.05) is 27.7 Å². The van der Waals surface area contributed by atoms with Crippen molar-refractivity contribution >= 4 is 12.0 Å². The maximum absolute atomic E-state index is 12.4. The highest BCUT2D eigenvalue weighted by Crippen LogP contribution is 2.24. The van der Waals surface area contributed by atoms with Gasteiger partial charge in [0, 0.05) is 39.2 Å². The minimum atomic E-state index is -0.209. The molecule has 0 aromatic carbocycles. The molecule has 0 unspecified atom stereocenters. The fourth-order valence-electron chi connectivity index (χ4n) is 3.98. The second-order valence-electron chi connectivity index (χ2n) is 9.09. The predicted molar refractivity (Wildman–Crippen MR) is 110 cm³/mol. The number of piperidine rings is 2. The summed E-state index contributed by atoms with van der Waals surface area (Å²) in [5.41, 5.74) is 0. The molecule has 6 nitrogen and oxygen atoms in total. The van der Waals surface area contributed by atoms with Gasteiger partial charge in [-0.25, -0.2) is 4.79 Å². The Hall–Kier alpha value is -1.30. The molecule has 0 spiro atoms. The minimum absolute atomic E-state index is 0.186. The molecule has 162 valence electrons. The lowest BCUT2D eigenvalue weighted by atomic mass is 9.86. The number of likely N-dealkylation sites (tertiary alicyclic amines) is 2. The first kappa shape index (κ1) is 23.0. The molecule has 2 saturated heterocycles. The van der Waals surface area contributed by atoms with Crippen LogP contribution in [0.15, 0.2) is 0 Å². The molecule has 2 aliphatic rings. The second-order valence-corrected chi connectivity index (χ2v) is 9.09. The van der Waals surface area contributed by atoms with Crippen LogP contribution in [0.3, 0.4) is 0 Å². The molecule has 0 aliphatic carbocycles. The third kappa shape index (κ3) is 7.61. The van der Waals surface area contributed by atoms with Crippen LogP contribution in [0.4, 0.5) is 4.79 Å². The molecular weight excluding hydrogens is 356 g/mol. The molecule has 2 fully saturated rings. The molecule has 0 saturated carbocycles. The summed E-state index contributed by atoms with van der Waals surface area (Å²) in [5.74, 6) is 2.11. The van der Waals surface area contributed by atoms with E-state index in [1.165, 1.54) is 0 Å². The SMILES string of the molecule is CC(C)COC(=O)N1CCC(OCCCC(=O)N2CCC(C(C)C)CC2)CC1. The quantitative estimate of drug-likeness (QED) is 0.583. The summed E-state index contributed by atoms with van der Waals surface area (Å²) in [6.45, 7) is 12.9. The Morgan fingerprint density at radius 3 is 2.11 bits per heavy atom. The average Bonchev–Trinajstić information content (AvgIpc) is 2.69. The topological polar surface area (TPSA) is 59.1 Å². The largest absolute Gasteiger partial charge is 0.449 e. The van der Waals surface area contributed by atoms with Crippen molar-refractivity contribution in [1.82, 2.24) is 9.80 Å². The first-order valence-electron chi connectivity index (χ1n) is 11.2. The number of hydrogen-bond donors (Lipinski definition) is 0. The van der Waals surface area contributed by atoms with Crippen LogP contribution in [-0.4, -0.2) is 67.3 Å². The second kappa shape index (κ2) is 11.6. The molecular formula is C22H40N2O4. The molecule has 0 aromatic rings. The maximum Gasteiger partial charge on any atom is 0.409 e. The Kier molecular flexibility index (Phi) is 9.56. The highest BCUT2D eigenvalue weighted by Gasteiger charge is 2.26. The lowest BCUT2D eigenvalue weighted by Crippen LogP contribution is -2.41. The van der Waals surface area contributed by atoms with Crippen molar-refractivity contribution in [2.24, 2.45) is 17.8 Å². The normalized spacial score (nSPS) is 19.5. The van der Waals surface area contributed by atoms with E-state index >= 15 is 0 Å². The van der Waals surface area contributed by atoms with Gasteiger partial charge in [-0.05, 0) is 49.9 Å². The molecule has 28 heavy (non-hydrogen) atoms. The first-order chi connectivity index (χ1) is 13.4. The number of rotatable bonds is 8. The monoisotopic (exact) mass is 396 g/mol. The van der Waals surface area contributed by atoms with Crippen molar-refractivity contribution in [1.29, 1.82) is 0 Å². The summed E-state index contributed by atoms with van der Waals surface area (Å²) >= 11 is 0. The van der Waals surface area contributed by atoms with E-state index in [1.807, 2.05) is 18.7 Å². The van der Waals surface area contributed by atoms with Crippen molar-refractivity contribution < 1.29 is 19.1 Å². The van der Waals surface area contributed by atoms with Crippen molar-refractivity contribution in [2.45, 2.75) is 72.3 Å². The maximum atomic E-state index is 12.4. The number of ether oxygens (including phenoxy) is 2. The fraction of sp³-hybridized carbons (Fsp3) is 0.909. The highest BCUT2D eigenvalue weighted by molar-refractivity contribution is 5.76. The number of carbonyl (C=O) groups is 2. The van der Waals surface area contributed by atoms with Crippen molar-refractivity contribution in [3.05, 3.63) is 0 Å². The van der Waals surface area contributed by atoms with Crippen LogP contribution < -0.4 is 0 Å². The molecule has 2 amide bonds. The third-order valence-electron chi connectivity index (χ3n) is 5.96. The molecule has 0 aromatic heterocycles. The Morgan fingerprint density at radius 2 is 1.54 bits per heavy atom. The van der Waals surface area contributed by atoms with Crippen LogP contribution in [-0.2, 0) is 14.3 Å². The standard InChI is InChI=1S/C22H40N2O4/c1-17(2)16-28-22(26)24-13-9-20(10-14-24)27-15-5-6-21(25)23-11-7-19(8-12-23)18(3)4/h17-20H,5-16H2,1-4H3. The van der Waals surface area contributed by atoms with Gasteiger partial charge in [0.1, 0.15) is 0 Å². The van der Waals surface area contributed by atoms with E-state index in [9.17, 15) is 9.59 Å². The van der Waals surface area contributed by atoms with Crippen LogP contribution in [0.5, 0.6) is 0 Å². The van der Waals surface area contributed by atoms with Crippen molar-refractivity contribution in [2.75, 3.05) is 39.4 Å². The van der Waals surface area contributed by atoms with Crippen LogP contribution in [0.2, 0.25) is 0 Å². The van der Waals surface area contributed by atoms with Crippen LogP contribution in [0, 0.1) is 17.8 Å².